The molecule has 124 valence electrons. The second-order valence-electron chi connectivity index (χ2n) is 5.29. The van der Waals surface area contributed by atoms with Crippen LogP contribution in [0.25, 0.3) is 0 Å². The number of hydrogen-bond acceptors (Lipinski definition) is 3. The lowest BCUT2D eigenvalue weighted by Crippen LogP contribution is -2.34. The van der Waals surface area contributed by atoms with Gasteiger partial charge in [-0.3, -0.25) is 9.35 Å². The van der Waals surface area contributed by atoms with E-state index in [1.165, 1.54) is 43.1 Å². The van der Waals surface area contributed by atoms with E-state index >= 15 is 0 Å². The fourth-order valence-electron chi connectivity index (χ4n) is 2.12. The SMILES string of the molecule is C=CC(=O)N(CCCCCCCCCC)CCS(=O)(=O)O. The van der Waals surface area contributed by atoms with E-state index in [0.717, 1.165) is 19.3 Å². The Morgan fingerprint density at radius 2 is 1.57 bits per heavy atom. The zero-order valence-corrected chi connectivity index (χ0v) is 13.9. The van der Waals surface area contributed by atoms with Gasteiger partial charge in [0.1, 0.15) is 0 Å². The second kappa shape index (κ2) is 11.7. The molecule has 0 aliphatic rings. The van der Waals surface area contributed by atoms with Crippen molar-refractivity contribution in [2.24, 2.45) is 0 Å². The summed E-state index contributed by atoms with van der Waals surface area (Å²) < 4.78 is 30.2. The Bertz CT molecular complexity index is 392. The van der Waals surface area contributed by atoms with Gasteiger partial charge < -0.3 is 4.90 Å². The standard InChI is InChI=1S/C15H29NO4S/c1-3-5-6-7-8-9-10-11-12-16(15(17)4-2)13-14-21(18,19)20/h4H,2-3,5-14H2,1H3,(H,18,19,20). The van der Waals surface area contributed by atoms with Crippen molar-refractivity contribution in [2.75, 3.05) is 18.8 Å². The molecule has 0 spiro atoms. The van der Waals surface area contributed by atoms with Crippen LogP contribution >= 0.6 is 0 Å². The van der Waals surface area contributed by atoms with E-state index in [2.05, 4.69) is 13.5 Å². The van der Waals surface area contributed by atoms with Crippen molar-refractivity contribution in [3.8, 4) is 0 Å². The van der Waals surface area contributed by atoms with Crippen molar-refractivity contribution in [2.45, 2.75) is 58.3 Å². The molecule has 0 saturated heterocycles. The molecular formula is C15H29NO4S. The van der Waals surface area contributed by atoms with Crippen LogP contribution in [0.5, 0.6) is 0 Å². The maximum absolute atomic E-state index is 11.6. The Labute approximate surface area is 129 Å². The second-order valence-corrected chi connectivity index (χ2v) is 6.86. The van der Waals surface area contributed by atoms with E-state index in [-0.39, 0.29) is 12.5 Å². The van der Waals surface area contributed by atoms with E-state index in [1.54, 1.807) is 0 Å². The maximum atomic E-state index is 11.6. The third-order valence-corrected chi connectivity index (χ3v) is 4.09. The summed E-state index contributed by atoms with van der Waals surface area (Å²) in [6, 6.07) is 0. The van der Waals surface area contributed by atoms with Gasteiger partial charge in [-0.2, -0.15) is 8.42 Å². The first-order valence-electron chi connectivity index (χ1n) is 7.77. The molecule has 6 heteroatoms. The monoisotopic (exact) mass is 319 g/mol. The fourth-order valence-corrected chi connectivity index (χ4v) is 2.57. The van der Waals surface area contributed by atoms with E-state index in [9.17, 15) is 13.2 Å². The Balaban J connectivity index is 3.87. The highest BCUT2D eigenvalue weighted by molar-refractivity contribution is 7.85. The summed E-state index contributed by atoms with van der Waals surface area (Å²) in [7, 11) is -4.04. The minimum atomic E-state index is -4.04. The van der Waals surface area contributed by atoms with Crippen molar-refractivity contribution in [3.63, 3.8) is 0 Å². The Morgan fingerprint density at radius 1 is 1.05 bits per heavy atom. The number of carbonyl (C=O) groups excluding carboxylic acids is 1. The first kappa shape index (κ1) is 20.1. The zero-order chi connectivity index (χ0) is 16.1. The summed E-state index contributed by atoms with van der Waals surface area (Å²) in [6.45, 7) is 6.12. The van der Waals surface area contributed by atoms with Gasteiger partial charge in [0.05, 0.1) is 5.75 Å². The highest BCUT2D eigenvalue weighted by Crippen LogP contribution is 2.09. The van der Waals surface area contributed by atoms with Crippen LogP contribution in [0, 0.1) is 0 Å². The van der Waals surface area contributed by atoms with Crippen LogP contribution in [0.2, 0.25) is 0 Å². The first-order valence-corrected chi connectivity index (χ1v) is 9.38. The molecule has 0 heterocycles. The largest absolute Gasteiger partial charge is 0.338 e. The molecular weight excluding hydrogens is 290 g/mol. The quantitative estimate of drug-likeness (QED) is 0.322. The normalized spacial score (nSPS) is 11.3. The summed E-state index contributed by atoms with van der Waals surface area (Å²) >= 11 is 0. The molecule has 5 nitrogen and oxygen atoms in total. The van der Waals surface area contributed by atoms with Gasteiger partial charge in [-0.05, 0) is 12.5 Å². The van der Waals surface area contributed by atoms with Crippen molar-refractivity contribution >= 4 is 16.0 Å². The summed E-state index contributed by atoms with van der Waals surface area (Å²) in [5, 5.41) is 0. The number of nitrogens with zero attached hydrogens (tertiary/aromatic N) is 1. The zero-order valence-electron chi connectivity index (χ0n) is 13.1. The lowest BCUT2D eigenvalue weighted by atomic mass is 10.1. The van der Waals surface area contributed by atoms with Gasteiger partial charge in [0.2, 0.25) is 5.91 Å². The van der Waals surface area contributed by atoms with Gasteiger partial charge in [0.15, 0.2) is 0 Å². The molecule has 0 unspecified atom stereocenters. The van der Waals surface area contributed by atoms with Crippen LogP contribution < -0.4 is 0 Å². The molecule has 0 bridgehead atoms. The highest BCUT2D eigenvalue weighted by atomic mass is 32.2. The first-order chi connectivity index (χ1) is 9.90. The average molecular weight is 319 g/mol. The van der Waals surface area contributed by atoms with Crippen molar-refractivity contribution in [1.29, 1.82) is 0 Å². The molecule has 0 aromatic carbocycles. The molecule has 1 amide bonds. The van der Waals surface area contributed by atoms with Gasteiger partial charge in [-0.25, -0.2) is 0 Å². The lowest BCUT2D eigenvalue weighted by Gasteiger charge is -2.20. The molecule has 0 aliphatic carbocycles. The van der Waals surface area contributed by atoms with Crippen molar-refractivity contribution in [1.82, 2.24) is 4.90 Å². The smallest absolute Gasteiger partial charge is 0.266 e. The molecule has 1 N–H and O–H groups in total. The third kappa shape index (κ3) is 12.6. The molecule has 0 radical (unpaired) electrons. The topological polar surface area (TPSA) is 74.7 Å². The predicted molar refractivity (Wildman–Crippen MR) is 85.8 cm³/mol. The molecule has 0 aliphatic heterocycles. The lowest BCUT2D eigenvalue weighted by molar-refractivity contribution is -0.125. The molecule has 0 aromatic rings. The van der Waals surface area contributed by atoms with Gasteiger partial charge in [0, 0.05) is 13.1 Å². The Kier molecular flexibility index (Phi) is 11.3. The summed E-state index contributed by atoms with van der Waals surface area (Å²) in [5.41, 5.74) is 0. The number of carbonyl (C=O) groups is 1. The summed E-state index contributed by atoms with van der Waals surface area (Å²) in [4.78, 5) is 13.0. The van der Waals surface area contributed by atoms with Crippen LogP contribution in [-0.4, -0.2) is 42.6 Å². The van der Waals surface area contributed by atoms with Crippen LogP contribution in [0.15, 0.2) is 12.7 Å². The van der Waals surface area contributed by atoms with E-state index in [1.807, 2.05) is 0 Å². The summed E-state index contributed by atoms with van der Waals surface area (Å²) in [5.74, 6) is -0.717. The molecule has 0 saturated carbocycles. The van der Waals surface area contributed by atoms with Crippen molar-refractivity contribution < 1.29 is 17.8 Å². The summed E-state index contributed by atoms with van der Waals surface area (Å²) in [6.07, 6.45) is 10.5. The van der Waals surface area contributed by atoms with E-state index in [4.69, 9.17) is 4.55 Å². The Morgan fingerprint density at radius 3 is 2.05 bits per heavy atom. The van der Waals surface area contributed by atoms with E-state index < -0.39 is 15.9 Å². The Hall–Kier alpha value is -0.880. The predicted octanol–water partition coefficient (Wildman–Crippen LogP) is 3.03. The number of unbranched alkanes of at least 4 members (excludes halogenated alkanes) is 7. The van der Waals surface area contributed by atoms with Gasteiger partial charge in [-0.1, -0.05) is 58.4 Å². The molecule has 0 aromatic heterocycles. The van der Waals surface area contributed by atoms with Crippen molar-refractivity contribution in [3.05, 3.63) is 12.7 Å². The number of hydrogen-bond donors (Lipinski definition) is 1. The molecule has 21 heavy (non-hydrogen) atoms. The van der Waals surface area contributed by atoms with Gasteiger partial charge in [0.25, 0.3) is 10.1 Å². The van der Waals surface area contributed by atoms with Crippen LogP contribution in [-0.2, 0) is 14.9 Å². The fraction of sp³-hybridized carbons (Fsp3) is 0.800. The molecule has 0 atom stereocenters. The minimum absolute atomic E-state index is 0.0141. The minimum Gasteiger partial charge on any atom is -0.338 e. The van der Waals surface area contributed by atoms with Gasteiger partial charge in [-0.15, -0.1) is 0 Å². The van der Waals surface area contributed by atoms with Gasteiger partial charge >= 0.3 is 0 Å². The molecule has 0 fully saturated rings. The molecule has 0 rings (SSSR count). The number of amides is 1. The highest BCUT2D eigenvalue weighted by Gasteiger charge is 2.13. The third-order valence-electron chi connectivity index (χ3n) is 3.39. The number of rotatable bonds is 13. The van der Waals surface area contributed by atoms with Crippen LogP contribution in [0.4, 0.5) is 0 Å². The van der Waals surface area contributed by atoms with E-state index in [0.29, 0.717) is 6.54 Å². The maximum Gasteiger partial charge on any atom is 0.266 e. The van der Waals surface area contributed by atoms with Crippen LogP contribution in [0.1, 0.15) is 58.3 Å². The van der Waals surface area contributed by atoms with Crippen LogP contribution in [0.3, 0.4) is 0 Å². The average Bonchev–Trinajstić information content (AvgIpc) is 2.43.